The first kappa shape index (κ1) is 14.7. The maximum Gasteiger partial charge on any atom is 0.168 e. The molecule has 6 heteroatoms. The van der Waals surface area contributed by atoms with Crippen molar-refractivity contribution < 1.29 is 9.13 Å². The number of aromatic nitrogens is 2. The highest BCUT2D eigenvalue weighted by atomic mass is 35.5. The molecule has 0 spiro atoms. The van der Waals surface area contributed by atoms with Gasteiger partial charge in [-0.25, -0.2) is 14.4 Å². The van der Waals surface area contributed by atoms with E-state index in [9.17, 15) is 4.39 Å². The highest BCUT2D eigenvalue weighted by Gasteiger charge is 2.11. The Hall–Kier alpha value is -1.72. The average molecular weight is 296 g/mol. The first-order valence-corrected chi connectivity index (χ1v) is 6.58. The molecule has 0 saturated heterocycles. The second-order valence-corrected chi connectivity index (χ2v) is 4.98. The second kappa shape index (κ2) is 6.15. The number of nitrogens with two attached hydrogens (primary N) is 1. The van der Waals surface area contributed by atoms with Gasteiger partial charge in [-0.3, -0.25) is 0 Å². The third kappa shape index (κ3) is 3.23. The van der Waals surface area contributed by atoms with Gasteiger partial charge in [0.25, 0.3) is 0 Å². The fourth-order valence-electron chi connectivity index (χ4n) is 1.60. The number of ether oxygens (including phenoxy) is 1. The molecule has 2 rings (SSSR count). The van der Waals surface area contributed by atoms with Crippen LogP contribution in [0.3, 0.4) is 0 Å². The van der Waals surface area contributed by atoms with Gasteiger partial charge in [0, 0.05) is 18.5 Å². The number of rotatable bonds is 4. The van der Waals surface area contributed by atoms with Crippen molar-refractivity contribution in [2.45, 2.75) is 26.3 Å². The Morgan fingerprint density at radius 1 is 1.40 bits per heavy atom. The van der Waals surface area contributed by atoms with Crippen molar-refractivity contribution >= 4 is 11.6 Å². The van der Waals surface area contributed by atoms with Gasteiger partial charge in [-0.1, -0.05) is 25.4 Å². The average Bonchev–Trinajstić information content (AvgIpc) is 2.43. The van der Waals surface area contributed by atoms with E-state index in [4.69, 9.17) is 22.1 Å². The Kier molecular flexibility index (Phi) is 4.52. The molecule has 0 aliphatic rings. The molecule has 106 valence electrons. The van der Waals surface area contributed by atoms with E-state index < -0.39 is 5.82 Å². The SMILES string of the molecule is CC(C)c1ncc(Oc2ccc(F)c(Cl)c2)c(CN)n1. The van der Waals surface area contributed by atoms with Gasteiger partial charge in [-0.05, 0) is 12.1 Å². The monoisotopic (exact) mass is 295 g/mol. The fraction of sp³-hybridized carbons (Fsp3) is 0.286. The molecule has 0 unspecified atom stereocenters. The van der Waals surface area contributed by atoms with Crippen molar-refractivity contribution in [1.29, 1.82) is 0 Å². The van der Waals surface area contributed by atoms with Gasteiger partial charge >= 0.3 is 0 Å². The van der Waals surface area contributed by atoms with Crippen LogP contribution in [0.5, 0.6) is 11.5 Å². The topological polar surface area (TPSA) is 61.0 Å². The minimum atomic E-state index is -0.496. The maximum absolute atomic E-state index is 13.1. The lowest BCUT2D eigenvalue weighted by Gasteiger charge is -2.11. The van der Waals surface area contributed by atoms with Crippen molar-refractivity contribution in [3.63, 3.8) is 0 Å². The van der Waals surface area contributed by atoms with E-state index in [-0.39, 0.29) is 17.5 Å². The highest BCUT2D eigenvalue weighted by molar-refractivity contribution is 6.30. The molecule has 1 aromatic carbocycles. The Balaban J connectivity index is 2.30. The summed E-state index contributed by atoms with van der Waals surface area (Å²) in [6.45, 7) is 4.22. The van der Waals surface area contributed by atoms with E-state index in [0.29, 0.717) is 23.0 Å². The molecule has 0 saturated carbocycles. The summed E-state index contributed by atoms with van der Waals surface area (Å²) >= 11 is 5.71. The van der Waals surface area contributed by atoms with E-state index in [2.05, 4.69) is 9.97 Å². The summed E-state index contributed by atoms with van der Waals surface area (Å²) in [5.74, 6) is 1.26. The summed E-state index contributed by atoms with van der Waals surface area (Å²) in [5, 5.41) is -0.00322. The quantitative estimate of drug-likeness (QED) is 0.935. The Morgan fingerprint density at radius 2 is 2.15 bits per heavy atom. The predicted molar refractivity (Wildman–Crippen MR) is 75.5 cm³/mol. The van der Waals surface area contributed by atoms with E-state index in [0.717, 1.165) is 0 Å². The lowest BCUT2D eigenvalue weighted by Crippen LogP contribution is -2.07. The molecule has 0 aliphatic carbocycles. The van der Waals surface area contributed by atoms with E-state index >= 15 is 0 Å². The number of hydrogen-bond acceptors (Lipinski definition) is 4. The Bertz CT molecular complexity index is 619. The molecule has 20 heavy (non-hydrogen) atoms. The molecule has 0 aliphatic heterocycles. The van der Waals surface area contributed by atoms with Crippen LogP contribution in [0.1, 0.15) is 31.3 Å². The lowest BCUT2D eigenvalue weighted by atomic mass is 10.2. The van der Waals surface area contributed by atoms with Gasteiger partial charge in [0.1, 0.15) is 23.1 Å². The number of hydrogen-bond donors (Lipinski definition) is 1. The molecule has 2 aromatic rings. The van der Waals surface area contributed by atoms with Gasteiger partial charge in [0.05, 0.1) is 11.2 Å². The van der Waals surface area contributed by atoms with Crippen LogP contribution in [-0.4, -0.2) is 9.97 Å². The smallest absolute Gasteiger partial charge is 0.168 e. The normalized spacial score (nSPS) is 10.9. The fourth-order valence-corrected chi connectivity index (χ4v) is 1.77. The van der Waals surface area contributed by atoms with Gasteiger partial charge in [0.2, 0.25) is 0 Å². The van der Waals surface area contributed by atoms with E-state index in [1.54, 1.807) is 6.20 Å². The standard InChI is InChI=1S/C14H15ClFN3O/c1-8(2)14-18-7-13(12(6-17)19-14)20-9-3-4-11(16)10(15)5-9/h3-5,7-8H,6,17H2,1-2H3. The van der Waals surface area contributed by atoms with Gasteiger partial charge in [-0.15, -0.1) is 0 Å². The Labute approximate surface area is 121 Å². The molecule has 2 N–H and O–H groups in total. The second-order valence-electron chi connectivity index (χ2n) is 4.58. The van der Waals surface area contributed by atoms with Crippen LogP contribution in [-0.2, 0) is 6.54 Å². The molecule has 0 bridgehead atoms. The summed E-state index contributed by atoms with van der Waals surface area (Å²) in [6.07, 6.45) is 1.57. The maximum atomic E-state index is 13.1. The number of benzene rings is 1. The molecule has 0 radical (unpaired) electrons. The van der Waals surface area contributed by atoms with Gasteiger partial charge in [0.15, 0.2) is 5.75 Å². The van der Waals surface area contributed by atoms with E-state index in [1.165, 1.54) is 18.2 Å². The third-order valence-corrected chi connectivity index (χ3v) is 2.97. The summed E-state index contributed by atoms with van der Waals surface area (Å²) in [5.41, 5.74) is 6.27. The van der Waals surface area contributed by atoms with Crippen LogP contribution >= 0.6 is 11.6 Å². The van der Waals surface area contributed by atoms with Crippen LogP contribution in [0.15, 0.2) is 24.4 Å². The van der Waals surface area contributed by atoms with Crippen LogP contribution in [0, 0.1) is 5.82 Å². The van der Waals surface area contributed by atoms with Crippen molar-refractivity contribution in [2.24, 2.45) is 5.73 Å². The van der Waals surface area contributed by atoms with Crippen LogP contribution in [0.4, 0.5) is 4.39 Å². The number of nitrogens with zero attached hydrogens (tertiary/aromatic N) is 2. The minimum absolute atomic E-state index is 0.00322. The van der Waals surface area contributed by atoms with Gasteiger partial charge in [-0.2, -0.15) is 0 Å². The Morgan fingerprint density at radius 3 is 2.75 bits per heavy atom. The van der Waals surface area contributed by atoms with Crippen molar-refractivity contribution in [2.75, 3.05) is 0 Å². The minimum Gasteiger partial charge on any atom is -0.454 e. The zero-order chi connectivity index (χ0) is 14.7. The largest absolute Gasteiger partial charge is 0.454 e. The highest BCUT2D eigenvalue weighted by Crippen LogP contribution is 2.27. The zero-order valence-electron chi connectivity index (χ0n) is 11.2. The van der Waals surface area contributed by atoms with Crippen molar-refractivity contribution in [3.05, 3.63) is 46.8 Å². The molecule has 4 nitrogen and oxygen atoms in total. The van der Waals surface area contributed by atoms with Crippen molar-refractivity contribution in [1.82, 2.24) is 9.97 Å². The summed E-state index contributed by atoms with van der Waals surface area (Å²) in [4.78, 5) is 8.58. The van der Waals surface area contributed by atoms with Crippen LogP contribution in [0.25, 0.3) is 0 Å². The first-order valence-electron chi connectivity index (χ1n) is 6.20. The van der Waals surface area contributed by atoms with E-state index in [1.807, 2.05) is 13.8 Å². The lowest BCUT2D eigenvalue weighted by molar-refractivity contribution is 0.465. The summed E-state index contributed by atoms with van der Waals surface area (Å²) in [6, 6.07) is 4.12. The van der Waals surface area contributed by atoms with Crippen molar-refractivity contribution in [3.8, 4) is 11.5 Å². The predicted octanol–water partition coefficient (Wildman–Crippen LogP) is 3.64. The molecule has 0 fully saturated rings. The molecule has 0 atom stereocenters. The molecular weight excluding hydrogens is 281 g/mol. The van der Waals surface area contributed by atoms with Crippen LogP contribution in [0.2, 0.25) is 5.02 Å². The third-order valence-electron chi connectivity index (χ3n) is 2.68. The summed E-state index contributed by atoms with van der Waals surface area (Å²) in [7, 11) is 0. The number of halogens is 2. The molecule has 1 heterocycles. The summed E-state index contributed by atoms with van der Waals surface area (Å²) < 4.78 is 18.7. The first-order chi connectivity index (χ1) is 9.51. The van der Waals surface area contributed by atoms with Gasteiger partial charge < -0.3 is 10.5 Å². The molecule has 0 amide bonds. The molecule has 1 aromatic heterocycles. The van der Waals surface area contributed by atoms with Crippen LogP contribution < -0.4 is 10.5 Å². The zero-order valence-corrected chi connectivity index (χ0v) is 12.0. The molecular formula is C14H15ClFN3O.